The number of morpholine rings is 1. The second-order valence-corrected chi connectivity index (χ2v) is 5.89. The van der Waals surface area contributed by atoms with E-state index in [1.807, 2.05) is 17.2 Å². The van der Waals surface area contributed by atoms with Crippen molar-refractivity contribution in [2.75, 3.05) is 19.7 Å². The van der Waals surface area contributed by atoms with Gasteiger partial charge in [-0.3, -0.25) is 4.79 Å². The number of hydrogen-bond acceptors (Lipinski definition) is 4. The standard InChI is InChI=1S/C14H22N2O2S.ClH/c1-3-10(2)13(15)14(17)16-5-6-18-12(8-16)11-4-7-19-9-11;/h4,7,9-10,12-13H,3,5-6,8,15H2,1-2H3;1H. The number of carbonyl (C=O) groups is 1. The largest absolute Gasteiger partial charge is 0.370 e. The summed E-state index contributed by atoms with van der Waals surface area (Å²) in [6, 6.07) is 1.66. The maximum Gasteiger partial charge on any atom is 0.239 e. The third-order valence-corrected chi connectivity index (χ3v) is 4.54. The molecule has 3 atom stereocenters. The number of carbonyl (C=O) groups excluding carboxylic acids is 1. The summed E-state index contributed by atoms with van der Waals surface area (Å²) in [6.07, 6.45) is 0.915. The molecule has 1 saturated heterocycles. The lowest BCUT2D eigenvalue weighted by atomic mass is 9.98. The monoisotopic (exact) mass is 318 g/mol. The quantitative estimate of drug-likeness (QED) is 0.927. The van der Waals surface area contributed by atoms with Gasteiger partial charge in [0.15, 0.2) is 0 Å². The van der Waals surface area contributed by atoms with E-state index in [2.05, 4.69) is 18.4 Å². The van der Waals surface area contributed by atoms with Gasteiger partial charge in [0.1, 0.15) is 6.10 Å². The first-order valence-electron chi connectivity index (χ1n) is 6.81. The van der Waals surface area contributed by atoms with Crippen molar-refractivity contribution in [3.8, 4) is 0 Å². The van der Waals surface area contributed by atoms with Crippen LogP contribution in [-0.4, -0.2) is 36.5 Å². The molecule has 1 aromatic heterocycles. The van der Waals surface area contributed by atoms with E-state index in [0.29, 0.717) is 19.7 Å². The number of halogens is 1. The molecule has 0 saturated carbocycles. The molecule has 1 aliphatic rings. The highest BCUT2D eigenvalue weighted by atomic mass is 35.5. The zero-order chi connectivity index (χ0) is 13.8. The van der Waals surface area contributed by atoms with Gasteiger partial charge in [0.2, 0.25) is 5.91 Å². The number of rotatable bonds is 4. The lowest BCUT2D eigenvalue weighted by Crippen LogP contribution is -2.51. The molecular weight excluding hydrogens is 296 g/mol. The fourth-order valence-corrected chi connectivity index (χ4v) is 2.92. The van der Waals surface area contributed by atoms with Crippen molar-refractivity contribution in [3.05, 3.63) is 22.4 Å². The molecule has 2 heterocycles. The molecule has 0 radical (unpaired) electrons. The third kappa shape index (κ3) is 3.95. The Hall–Kier alpha value is -0.620. The van der Waals surface area contributed by atoms with Gasteiger partial charge in [-0.05, 0) is 28.3 Å². The second-order valence-electron chi connectivity index (χ2n) is 5.11. The number of amides is 1. The van der Waals surface area contributed by atoms with Crippen molar-refractivity contribution in [3.63, 3.8) is 0 Å². The summed E-state index contributed by atoms with van der Waals surface area (Å²) in [6.45, 7) is 5.92. The van der Waals surface area contributed by atoms with Gasteiger partial charge >= 0.3 is 0 Å². The zero-order valence-corrected chi connectivity index (χ0v) is 13.6. The maximum absolute atomic E-state index is 12.4. The van der Waals surface area contributed by atoms with E-state index < -0.39 is 6.04 Å². The number of nitrogens with two attached hydrogens (primary N) is 1. The minimum absolute atomic E-state index is 0. The van der Waals surface area contributed by atoms with Crippen LogP contribution in [0.4, 0.5) is 0 Å². The lowest BCUT2D eigenvalue weighted by molar-refractivity contribution is -0.141. The van der Waals surface area contributed by atoms with Crippen LogP contribution in [0.2, 0.25) is 0 Å². The average Bonchev–Trinajstić information content (AvgIpc) is 2.99. The first-order chi connectivity index (χ1) is 9.13. The Morgan fingerprint density at radius 3 is 3.00 bits per heavy atom. The molecular formula is C14H23ClN2O2S. The number of thiophene rings is 1. The van der Waals surface area contributed by atoms with Gasteiger partial charge in [-0.1, -0.05) is 20.3 Å². The Kier molecular flexibility index (Phi) is 6.95. The minimum Gasteiger partial charge on any atom is -0.370 e. The van der Waals surface area contributed by atoms with Crippen molar-refractivity contribution in [1.29, 1.82) is 0 Å². The van der Waals surface area contributed by atoms with E-state index in [1.54, 1.807) is 11.3 Å². The SMILES string of the molecule is CCC(C)C(N)C(=O)N1CCOC(c2ccsc2)C1.Cl. The van der Waals surface area contributed by atoms with Crippen molar-refractivity contribution in [2.45, 2.75) is 32.4 Å². The minimum atomic E-state index is -0.397. The third-order valence-electron chi connectivity index (χ3n) is 3.84. The van der Waals surface area contributed by atoms with Crippen LogP contribution in [0.1, 0.15) is 31.9 Å². The van der Waals surface area contributed by atoms with Gasteiger partial charge < -0.3 is 15.4 Å². The highest BCUT2D eigenvalue weighted by molar-refractivity contribution is 7.07. The van der Waals surface area contributed by atoms with Crippen LogP contribution in [0.25, 0.3) is 0 Å². The van der Waals surface area contributed by atoms with Gasteiger partial charge in [0.25, 0.3) is 0 Å². The molecule has 1 fully saturated rings. The fourth-order valence-electron chi connectivity index (χ4n) is 2.22. The highest BCUT2D eigenvalue weighted by Gasteiger charge is 2.30. The summed E-state index contributed by atoms with van der Waals surface area (Å²) in [4.78, 5) is 14.2. The summed E-state index contributed by atoms with van der Waals surface area (Å²) in [7, 11) is 0. The van der Waals surface area contributed by atoms with Crippen LogP contribution in [0, 0.1) is 5.92 Å². The number of ether oxygens (including phenoxy) is 1. The van der Waals surface area contributed by atoms with Gasteiger partial charge in [0, 0.05) is 6.54 Å². The zero-order valence-electron chi connectivity index (χ0n) is 12.0. The van der Waals surface area contributed by atoms with Gasteiger partial charge in [-0.15, -0.1) is 12.4 Å². The molecule has 0 aromatic carbocycles. The van der Waals surface area contributed by atoms with Crippen molar-refractivity contribution >= 4 is 29.7 Å². The van der Waals surface area contributed by atoms with E-state index in [1.165, 1.54) is 0 Å². The fraction of sp³-hybridized carbons (Fsp3) is 0.643. The van der Waals surface area contributed by atoms with Crippen molar-refractivity contribution < 1.29 is 9.53 Å². The van der Waals surface area contributed by atoms with E-state index in [0.717, 1.165) is 12.0 Å². The molecule has 0 aliphatic carbocycles. The van der Waals surface area contributed by atoms with E-state index in [-0.39, 0.29) is 30.3 Å². The molecule has 6 heteroatoms. The molecule has 1 amide bonds. The Bertz CT molecular complexity index is 413. The first kappa shape index (κ1) is 17.4. The molecule has 2 rings (SSSR count). The number of nitrogens with zero attached hydrogens (tertiary/aromatic N) is 1. The molecule has 2 N–H and O–H groups in total. The predicted molar refractivity (Wildman–Crippen MR) is 84.3 cm³/mol. The Morgan fingerprint density at radius 2 is 2.40 bits per heavy atom. The molecule has 1 aliphatic heterocycles. The Labute approximate surface area is 130 Å². The van der Waals surface area contributed by atoms with E-state index in [9.17, 15) is 4.79 Å². The Balaban J connectivity index is 0.00000200. The maximum atomic E-state index is 12.4. The lowest BCUT2D eigenvalue weighted by Gasteiger charge is -2.35. The molecule has 3 unspecified atom stereocenters. The summed E-state index contributed by atoms with van der Waals surface area (Å²) < 4.78 is 5.74. The van der Waals surface area contributed by atoms with E-state index in [4.69, 9.17) is 10.5 Å². The predicted octanol–water partition coefficient (Wildman–Crippen LogP) is 2.44. The average molecular weight is 319 g/mol. The van der Waals surface area contributed by atoms with Crippen LogP contribution >= 0.6 is 23.7 Å². The molecule has 0 spiro atoms. The van der Waals surface area contributed by atoms with Crippen LogP contribution < -0.4 is 5.73 Å². The van der Waals surface area contributed by atoms with Crippen LogP contribution in [0.15, 0.2) is 16.8 Å². The van der Waals surface area contributed by atoms with Crippen LogP contribution in [0.3, 0.4) is 0 Å². The van der Waals surface area contributed by atoms with Gasteiger partial charge in [-0.2, -0.15) is 11.3 Å². The van der Waals surface area contributed by atoms with E-state index >= 15 is 0 Å². The van der Waals surface area contributed by atoms with Crippen LogP contribution in [-0.2, 0) is 9.53 Å². The Morgan fingerprint density at radius 1 is 1.65 bits per heavy atom. The van der Waals surface area contributed by atoms with Gasteiger partial charge in [0.05, 0.1) is 19.2 Å². The van der Waals surface area contributed by atoms with Crippen molar-refractivity contribution in [1.82, 2.24) is 4.90 Å². The summed E-state index contributed by atoms with van der Waals surface area (Å²) in [5, 5.41) is 4.11. The molecule has 1 aromatic rings. The molecule has 0 bridgehead atoms. The van der Waals surface area contributed by atoms with Crippen molar-refractivity contribution in [2.24, 2.45) is 11.7 Å². The summed E-state index contributed by atoms with van der Waals surface area (Å²) in [5.74, 6) is 0.271. The summed E-state index contributed by atoms with van der Waals surface area (Å²) >= 11 is 1.65. The second kappa shape index (κ2) is 7.98. The highest BCUT2D eigenvalue weighted by Crippen LogP contribution is 2.24. The molecule has 114 valence electrons. The smallest absolute Gasteiger partial charge is 0.239 e. The van der Waals surface area contributed by atoms with Gasteiger partial charge in [-0.25, -0.2) is 0 Å². The molecule has 4 nitrogen and oxygen atoms in total. The normalized spacial score (nSPS) is 21.9. The first-order valence-corrected chi connectivity index (χ1v) is 7.75. The number of hydrogen-bond donors (Lipinski definition) is 1. The van der Waals surface area contributed by atoms with Crippen LogP contribution in [0.5, 0.6) is 0 Å². The topological polar surface area (TPSA) is 55.6 Å². The summed E-state index contributed by atoms with van der Waals surface area (Å²) in [5.41, 5.74) is 7.19. The molecule has 20 heavy (non-hydrogen) atoms.